The Kier molecular flexibility index (Phi) is 1.31. The number of carbonyl (C=O) groups is 1. The average molecular weight is 183 g/mol. The number of aromatic carboxylic acids is 1. The van der Waals surface area contributed by atoms with Gasteiger partial charge in [0, 0.05) is 5.38 Å². The van der Waals surface area contributed by atoms with E-state index in [9.17, 15) is 4.79 Å². The molecule has 5 nitrogen and oxygen atoms in total. The zero-order chi connectivity index (χ0) is 8.72. The van der Waals surface area contributed by atoms with Crippen LogP contribution < -0.4 is 5.73 Å². The summed E-state index contributed by atoms with van der Waals surface area (Å²) in [5.41, 5.74) is 5.67. The summed E-state index contributed by atoms with van der Waals surface area (Å²) in [7, 11) is 0. The van der Waals surface area contributed by atoms with Crippen molar-refractivity contribution in [1.82, 2.24) is 9.38 Å². The first-order chi connectivity index (χ1) is 5.70. The molecule has 2 rings (SSSR count). The van der Waals surface area contributed by atoms with Crippen molar-refractivity contribution in [2.45, 2.75) is 0 Å². The van der Waals surface area contributed by atoms with E-state index in [0.717, 1.165) is 0 Å². The lowest BCUT2D eigenvalue weighted by atomic mass is 10.5. The molecular formula is C6H5N3O2S. The Hall–Kier alpha value is -1.56. The van der Waals surface area contributed by atoms with Gasteiger partial charge in [-0.05, 0) is 0 Å². The topological polar surface area (TPSA) is 80.6 Å². The summed E-state index contributed by atoms with van der Waals surface area (Å²) in [5.74, 6) is -0.605. The van der Waals surface area contributed by atoms with Crippen molar-refractivity contribution >= 4 is 28.0 Å². The van der Waals surface area contributed by atoms with E-state index in [1.165, 1.54) is 27.4 Å². The molecule has 0 spiro atoms. The van der Waals surface area contributed by atoms with Crippen LogP contribution >= 0.6 is 11.3 Å². The van der Waals surface area contributed by atoms with Gasteiger partial charge in [-0.15, -0.1) is 11.3 Å². The van der Waals surface area contributed by atoms with E-state index >= 15 is 0 Å². The van der Waals surface area contributed by atoms with Gasteiger partial charge in [0.2, 0.25) is 0 Å². The van der Waals surface area contributed by atoms with Crippen molar-refractivity contribution in [2.24, 2.45) is 0 Å². The predicted octanol–water partition coefficient (Wildman–Crippen LogP) is 0.676. The molecule has 62 valence electrons. The second-order valence-electron chi connectivity index (χ2n) is 2.23. The fourth-order valence-corrected chi connectivity index (χ4v) is 1.83. The van der Waals surface area contributed by atoms with Crippen molar-refractivity contribution in [3.05, 3.63) is 17.4 Å². The molecule has 0 unspecified atom stereocenters. The molecule has 2 heterocycles. The molecule has 2 aromatic heterocycles. The maximum Gasteiger partial charge on any atom is 0.353 e. The summed E-state index contributed by atoms with van der Waals surface area (Å²) in [4.78, 5) is 15.1. The second kappa shape index (κ2) is 2.21. The lowest BCUT2D eigenvalue weighted by Crippen LogP contribution is -1.99. The van der Waals surface area contributed by atoms with E-state index in [-0.39, 0.29) is 5.69 Å². The fraction of sp³-hybridized carbons (Fsp3) is 0. The molecule has 3 N–H and O–H groups in total. The third kappa shape index (κ3) is 0.782. The number of carboxylic acids is 1. The average Bonchev–Trinajstić information content (AvgIpc) is 2.53. The first-order valence-electron chi connectivity index (χ1n) is 3.13. The van der Waals surface area contributed by atoms with E-state index in [0.29, 0.717) is 10.6 Å². The predicted molar refractivity (Wildman–Crippen MR) is 44.4 cm³/mol. The van der Waals surface area contributed by atoms with E-state index in [1.807, 2.05) is 0 Å². The highest BCUT2D eigenvalue weighted by Gasteiger charge is 2.12. The van der Waals surface area contributed by atoms with Crippen molar-refractivity contribution in [3.63, 3.8) is 0 Å². The van der Waals surface area contributed by atoms with Crippen molar-refractivity contribution in [3.8, 4) is 0 Å². The van der Waals surface area contributed by atoms with Gasteiger partial charge in [0.05, 0.1) is 0 Å². The summed E-state index contributed by atoms with van der Waals surface area (Å²) in [6, 6.07) is 0. The molecule has 0 aliphatic rings. The molecule has 0 atom stereocenters. The van der Waals surface area contributed by atoms with Gasteiger partial charge in [0.15, 0.2) is 5.82 Å². The number of nitrogen functional groups attached to an aromatic ring is 1. The summed E-state index contributed by atoms with van der Waals surface area (Å²) in [6.45, 7) is 0. The number of hydrogen-bond donors (Lipinski definition) is 2. The standard InChI is InChI=1S/C6H5N3O2S/c7-4-5-9(2-8-4)3(1-12-5)6(10)11/h1-2H,7H2,(H,10,11). The largest absolute Gasteiger partial charge is 0.477 e. The number of anilines is 1. The molecule has 0 saturated carbocycles. The third-order valence-electron chi connectivity index (χ3n) is 1.51. The van der Waals surface area contributed by atoms with Crippen LogP contribution in [-0.2, 0) is 0 Å². The van der Waals surface area contributed by atoms with Crippen molar-refractivity contribution in [1.29, 1.82) is 0 Å². The SMILES string of the molecule is Nc1ncn2c(C(=O)O)csc12. The molecule has 0 aliphatic heterocycles. The van der Waals surface area contributed by atoms with E-state index in [1.54, 1.807) is 0 Å². The number of hydrogen-bond acceptors (Lipinski definition) is 4. The highest BCUT2D eigenvalue weighted by molar-refractivity contribution is 7.16. The first-order valence-corrected chi connectivity index (χ1v) is 4.01. The smallest absolute Gasteiger partial charge is 0.353 e. The normalized spacial score (nSPS) is 10.7. The number of imidazole rings is 1. The van der Waals surface area contributed by atoms with Crippen LogP contribution in [0.5, 0.6) is 0 Å². The van der Waals surface area contributed by atoms with Gasteiger partial charge in [-0.2, -0.15) is 0 Å². The minimum absolute atomic E-state index is 0.194. The molecule has 0 amide bonds. The van der Waals surface area contributed by atoms with Crippen LogP contribution in [0.15, 0.2) is 11.7 Å². The van der Waals surface area contributed by atoms with Gasteiger partial charge in [0.25, 0.3) is 0 Å². The Morgan fingerprint density at radius 3 is 3.17 bits per heavy atom. The van der Waals surface area contributed by atoms with Gasteiger partial charge in [-0.3, -0.25) is 4.40 Å². The molecule has 0 aromatic carbocycles. The molecular weight excluding hydrogens is 178 g/mol. The number of nitrogens with two attached hydrogens (primary N) is 1. The van der Waals surface area contributed by atoms with Crippen LogP contribution in [0.2, 0.25) is 0 Å². The minimum atomic E-state index is -0.973. The number of aromatic nitrogens is 2. The Balaban J connectivity index is 2.79. The summed E-state index contributed by atoms with van der Waals surface area (Å²) < 4.78 is 1.46. The quantitative estimate of drug-likeness (QED) is 0.681. The first kappa shape index (κ1) is 7.11. The monoisotopic (exact) mass is 183 g/mol. The fourth-order valence-electron chi connectivity index (χ4n) is 0.962. The Morgan fingerprint density at radius 1 is 1.75 bits per heavy atom. The molecule has 6 heteroatoms. The Bertz CT molecular complexity index is 445. The number of carboxylic acid groups (broad SMARTS) is 1. The Labute approximate surface area is 71.1 Å². The van der Waals surface area contributed by atoms with E-state index in [2.05, 4.69) is 4.98 Å². The zero-order valence-electron chi connectivity index (χ0n) is 5.89. The van der Waals surface area contributed by atoms with Crippen molar-refractivity contribution in [2.75, 3.05) is 5.73 Å². The second-order valence-corrected chi connectivity index (χ2v) is 3.09. The summed E-state index contributed by atoms with van der Waals surface area (Å²) in [6.07, 6.45) is 1.41. The number of rotatable bonds is 1. The van der Waals surface area contributed by atoms with Crippen LogP contribution in [0.3, 0.4) is 0 Å². The molecule has 12 heavy (non-hydrogen) atoms. The molecule has 0 aliphatic carbocycles. The van der Waals surface area contributed by atoms with E-state index < -0.39 is 5.97 Å². The van der Waals surface area contributed by atoms with Crippen LogP contribution in [0.1, 0.15) is 10.5 Å². The highest BCUT2D eigenvalue weighted by atomic mass is 32.1. The van der Waals surface area contributed by atoms with Crippen molar-refractivity contribution < 1.29 is 9.90 Å². The van der Waals surface area contributed by atoms with Crippen LogP contribution in [-0.4, -0.2) is 20.5 Å². The van der Waals surface area contributed by atoms with Gasteiger partial charge < -0.3 is 10.8 Å². The van der Waals surface area contributed by atoms with Gasteiger partial charge in [0.1, 0.15) is 16.9 Å². The number of fused-ring (bicyclic) bond motifs is 1. The summed E-state index contributed by atoms with van der Waals surface area (Å²) >= 11 is 1.27. The lowest BCUT2D eigenvalue weighted by molar-refractivity contribution is 0.0689. The van der Waals surface area contributed by atoms with Crippen LogP contribution in [0.25, 0.3) is 4.83 Å². The number of thiazole rings is 1. The maximum atomic E-state index is 10.6. The van der Waals surface area contributed by atoms with Gasteiger partial charge >= 0.3 is 5.97 Å². The molecule has 0 fully saturated rings. The maximum absolute atomic E-state index is 10.6. The number of nitrogens with zero attached hydrogens (tertiary/aromatic N) is 2. The molecule has 0 bridgehead atoms. The molecule has 0 saturated heterocycles. The van der Waals surface area contributed by atoms with E-state index in [4.69, 9.17) is 10.8 Å². The Morgan fingerprint density at radius 2 is 2.50 bits per heavy atom. The lowest BCUT2D eigenvalue weighted by Gasteiger charge is -1.87. The van der Waals surface area contributed by atoms with Gasteiger partial charge in [-0.1, -0.05) is 0 Å². The highest BCUT2D eigenvalue weighted by Crippen LogP contribution is 2.21. The van der Waals surface area contributed by atoms with Crippen LogP contribution in [0.4, 0.5) is 5.82 Å². The van der Waals surface area contributed by atoms with Crippen LogP contribution in [0, 0.1) is 0 Å². The minimum Gasteiger partial charge on any atom is -0.477 e. The third-order valence-corrected chi connectivity index (χ3v) is 2.48. The zero-order valence-corrected chi connectivity index (χ0v) is 6.71. The molecule has 2 aromatic rings. The van der Waals surface area contributed by atoms with Gasteiger partial charge in [-0.25, -0.2) is 9.78 Å². The summed E-state index contributed by atoms with van der Waals surface area (Å²) in [5, 5.41) is 10.2. The molecule has 0 radical (unpaired) electrons.